The van der Waals surface area contributed by atoms with Crippen LogP contribution in [0.5, 0.6) is 0 Å². The van der Waals surface area contributed by atoms with Gasteiger partial charge in [0.05, 0.1) is 0 Å². The second-order valence-corrected chi connectivity index (χ2v) is 7.62. The molecule has 1 saturated carbocycles. The Hall–Kier alpha value is -0.280. The highest BCUT2D eigenvalue weighted by Crippen LogP contribution is 2.43. The van der Waals surface area contributed by atoms with E-state index < -0.39 is 0 Å². The molecule has 1 amide bonds. The van der Waals surface area contributed by atoms with Crippen LogP contribution in [0.3, 0.4) is 0 Å². The van der Waals surface area contributed by atoms with Gasteiger partial charge in [-0.3, -0.25) is 4.79 Å². The number of amides is 1. The fraction of sp³-hybridized carbons (Fsp3) is 0.938. The molecule has 0 aromatic rings. The van der Waals surface area contributed by atoms with E-state index in [0.717, 1.165) is 32.0 Å². The topological polar surface area (TPSA) is 32.3 Å². The number of halogens is 1. The predicted octanol–water partition coefficient (Wildman–Crippen LogP) is 3.08. The summed E-state index contributed by atoms with van der Waals surface area (Å²) in [6, 6.07) is 0.357. The van der Waals surface area contributed by atoms with Crippen LogP contribution < -0.4 is 5.32 Å². The van der Waals surface area contributed by atoms with E-state index in [1.807, 2.05) is 0 Å². The second-order valence-electron chi connectivity index (χ2n) is 7.62. The van der Waals surface area contributed by atoms with Gasteiger partial charge in [0.1, 0.15) is 0 Å². The summed E-state index contributed by atoms with van der Waals surface area (Å²) in [6.07, 6.45) is 4.51. The van der Waals surface area contributed by atoms with Crippen molar-refractivity contribution in [3.8, 4) is 0 Å². The van der Waals surface area contributed by atoms with Crippen molar-refractivity contribution in [2.24, 2.45) is 17.3 Å². The average molecular weight is 303 g/mol. The van der Waals surface area contributed by atoms with Crippen molar-refractivity contribution in [3.63, 3.8) is 0 Å². The molecule has 1 aliphatic heterocycles. The van der Waals surface area contributed by atoms with Crippen LogP contribution in [0.25, 0.3) is 0 Å². The Balaban J connectivity index is 0.00000200. The second kappa shape index (κ2) is 7.13. The average Bonchev–Trinajstić information content (AvgIpc) is 2.26. The molecule has 0 aromatic heterocycles. The number of carbonyl (C=O) groups is 1. The summed E-state index contributed by atoms with van der Waals surface area (Å²) < 4.78 is 0. The molecule has 1 saturated heterocycles. The van der Waals surface area contributed by atoms with Gasteiger partial charge in [-0.2, -0.15) is 0 Å². The first-order valence-corrected chi connectivity index (χ1v) is 7.87. The largest absolute Gasteiger partial charge is 0.337 e. The van der Waals surface area contributed by atoms with Crippen LogP contribution in [0.2, 0.25) is 0 Å². The minimum Gasteiger partial charge on any atom is -0.337 e. The third-order valence-electron chi connectivity index (χ3n) is 4.76. The molecule has 2 aliphatic rings. The smallest absolute Gasteiger partial charge is 0.223 e. The van der Waals surface area contributed by atoms with Crippen molar-refractivity contribution in [2.75, 3.05) is 19.6 Å². The Bertz CT molecular complexity index is 332. The zero-order chi connectivity index (χ0) is 14.0. The Morgan fingerprint density at radius 3 is 2.60 bits per heavy atom. The van der Waals surface area contributed by atoms with E-state index in [9.17, 15) is 4.79 Å². The molecule has 0 bridgehead atoms. The standard InChI is InChI=1S/C16H30N2O.ClH/c1-12-7-14(10-16(3,4)9-12)8-15(19)18-6-5-17-11-13(18)2;/h12-14,17H,5-11H2,1-4H3;1H/t12?,13-,14?;/m0./s1. The van der Waals surface area contributed by atoms with Crippen LogP contribution in [0.15, 0.2) is 0 Å². The van der Waals surface area contributed by atoms with E-state index in [0.29, 0.717) is 23.3 Å². The molecule has 0 spiro atoms. The van der Waals surface area contributed by atoms with Crippen LogP contribution in [0.1, 0.15) is 53.4 Å². The number of nitrogens with one attached hydrogen (secondary N) is 1. The lowest BCUT2D eigenvalue weighted by Gasteiger charge is -2.40. The van der Waals surface area contributed by atoms with E-state index in [1.54, 1.807) is 0 Å². The summed E-state index contributed by atoms with van der Waals surface area (Å²) in [5.74, 6) is 1.74. The number of hydrogen-bond acceptors (Lipinski definition) is 2. The molecule has 2 unspecified atom stereocenters. The van der Waals surface area contributed by atoms with Gasteiger partial charge in [-0.15, -0.1) is 12.4 Å². The first kappa shape index (κ1) is 17.8. The van der Waals surface area contributed by atoms with Gasteiger partial charge in [0, 0.05) is 32.1 Å². The van der Waals surface area contributed by atoms with Crippen LogP contribution in [0.4, 0.5) is 0 Å². The summed E-state index contributed by atoms with van der Waals surface area (Å²) >= 11 is 0. The van der Waals surface area contributed by atoms with E-state index in [2.05, 4.69) is 37.9 Å². The molecule has 118 valence electrons. The molecule has 1 heterocycles. The van der Waals surface area contributed by atoms with Gasteiger partial charge >= 0.3 is 0 Å². The van der Waals surface area contributed by atoms with Gasteiger partial charge in [0.15, 0.2) is 0 Å². The SMILES string of the molecule is CC1CC(CC(=O)N2CCNC[C@@H]2C)CC(C)(C)C1.Cl. The number of carbonyl (C=O) groups excluding carboxylic acids is 1. The van der Waals surface area contributed by atoms with Crippen molar-refractivity contribution in [3.05, 3.63) is 0 Å². The minimum atomic E-state index is 0. The molecule has 0 radical (unpaired) electrons. The molecule has 0 aromatic carbocycles. The van der Waals surface area contributed by atoms with Crippen molar-refractivity contribution in [1.29, 1.82) is 0 Å². The van der Waals surface area contributed by atoms with Gasteiger partial charge in [-0.25, -0.2) is 0 Å². The van der Waals surface area contributed by atoms with Gasteiger partial charge in [-0.05, 0) is 43.4 Å². The molecular weight excluding hydrogens is 272 g/mol. The number of nitrogens with zero attached hydrogens (tertiary/aromatic N) is 1. The van der Waals surface area contributed by atoms with Crippen molar-refractivity contribution < 1.29 is 4.79 Å². The maximum absolute atomic E-state index is 12.5. The Kier molecular flexibility index (Phi) is 6.33. The summed E-state index contributed by atoms with van der Waals surface area (Å²) in [7, 11) is 0. The van der Waals surface area contributed by atoms with Crippen molar-refractivity contribution >= 4 is 18.3 Å². The van der Waals surface area contributed by atoms with Crippen LogP contribution >= 0.6 is 12.4 Å². The van der Waals surface area contributed by atoms with E-state index in [4.69, 9.17) is 0 Å². The number of piperazine rings is 1. The van der Waals surface area contributed by atoms with E-state index in [1.165, 1.54) is 19.3 Å². The quantitative estimate of drug-likeness (QED) is 0.850. The van der Waals surface area contributed by atoms with Crippen LogP contribution in [0, 0.1) is 17.3 Å². The lowest BCUT2D eigenvalue weighted by molar-refractivity contribution is -0.135. The Morgan fingerprint density at radius 1 is 1.30 bits per heavy atom. The lowest BCUT2D eigenvalue weighted by atomic mass is 9.67. The highest BCUT2D eigenvalue weighted by atomic mass is 35.5. The third-order valence-corrected chi connectivity index (χ3v) is 4.76. The predicted molar refractivity (Wildman–Crippen MR) is 86.2 cm³/mol. The maximum atomic E-state index is 12.5. The molecule has 2 rings (SSSR count). The first-order chi connectivity index (χ1) is 8.87. The fourth-order valence-electron chi connectivity index (χ4n) is 4.28. The summed E-state index contributed by atoms with van der Waals surface area (Å²) in [4.78, 5) is 14.6. The van der Waals surface area contributed by atoms with Crippen LogP contribution in [-0.2, 0) is 4.79 Å². The monoisotopic (exact) mass is 302 g/mol. The number of hydrogen-bond donors (Lipinski definition) is 1. The first-order valence-electron chi connectivity index (χ1n) is 7.87. The zero-order valence-electron chi connectivity index (χ0n) is 13.4. The van der Waals surface area contributed by atoms with Gasteiger partial charge in [0.25, 0.3) is 0 Å². The molecule has 3 nitrogen and oxygen atoms in total. The Labute approximate surface area is 130 Å². The molecule has 3 atom stereocenters. The summed E-state index contributed by atoms with van der Waals surface area (Å²) in [5.41, 5.74) is 0.414. The molecular formula is C16H31ClN2O. The van der Waals surface area contributed by atoms with Crippen LogP contribution in [-0.4, -0.2) is 36.5 Å². The van der Waals surface area contributed by atoms with E-state index >= 15 is 0 Å². The summed E-state index contributed by atoms with van der Waals surface area (Å²) in [6.45, 7) is 12.0. The normalized spacial score (nSPS) is 33.4. The maximum Gasteiger partial charge on any atom is 0.223 e. The number of rotatable bonds is 2. The molecule has 1 aliphatic carbocycles. The molecule has 2 fully saturated rings. The Morgan fingerprint density at radius 2 is 2.00 bits per heavy atom. The highest BCUT2D eigenvalue weighted by Gasteiger charge is 2.34. The van der Waals surface area contributed by atoms with Gasteiger partial charge in [0.2, 0.25) is 5.91 Å². The highest BCUT2D eigenvalue weighted by molar-refractivity contribution is 5.85. The van der Waals surface area contributed by atoms with Gasteiger partial charge < -0.3 is 10.2 Å². The fourth-order valence-corrected chi connectivity index (χ4v) is 4.28. The zero-order valence-corrected chi connectivity index (χ0v) is 14.3. The molecule has 4 heteroatoms. The summed E-state index contributed by atoms with van der Waals surface area (Å²) in [5, 5.41) is 3.35. The van der Waals surface area contributed by atoms with Gasteiger partial charge in [-0.1, -0.05) is 20.8 Å². The van der Waals surface area contributed by atoms with Crippen molar-refractivity contribution in [1.82, 2.24) is 10.2 Å². The molecule has 1 N–H and O–H groups in total. The molecule has 20 heavy (non-hydrogen) atoms. The lowest BCUT2D eigenvalue weighted by Crippen LogP contribution is -2.52. The van der Waals surface area contributed by atoms with Crippen molar-refractivity contribution in [2.45, 2.75) is 59.4 Å². The third kappa shape index (κ3) is 4.63. The minimum absolute atomic E-state index is 0. The van der Waals surface area contributed by atoms with E-state index in [-0.39, 0.29) is 12.4 Å².